The van der Waals surface area contributed by atoms with Crippen molar-refractivity contribution in [3.05, 3.63) is 22.7 Å². The lowest BCUT2D eigenvalue weighted by molar-refractivity contribution is 0.189. The highest BCUT2D eigenvalue weighted by Gasteiger charge is 2.21. The summed E-state index contributed by atoms with van der Waals surface area (Å²) < 4.78 is 6.11. The number of amides is 2. The van der Waals surface area contributed by atoms with Gasteiger partial charge in [0.2, 0.25) is 0 Å². The summed E-state index contributed by atoms with van der Waals surface area (Å²) in [6, 6.07) is 5.37. The second kappa shape index (κ2) is 5.58. The molecule has 18 heavy (non-hydrogen) atoms. The molecule has 2 rings (SSSR count). The van der Waals surface area contributed by atoms with Crippen LogP contribution in [0.15, 0.2) is 22.7 Å². The first-order valence-corrected chi connectivity index (χ1v) is 6.54. The van der Waals surface area contributed by atoms with Crippen LogP contribution in [-0.4, -0.2) is 32.3 Å². The summed E-state index contributed by atoms with van der Waals surface area (Å²) >= 11 is 3.34. The van der Waals surface area contributed by atoms with Crippen LogP contribution in [0.2, 0.25) is 0 Å². The van der Waals surface area contributed by atoms with E-state index < -0.39 is 0 Å². The Morgan fingerprint density at radius 2 is 2.39 bits per heavy atom. The van der Waals surface area contributed by atoms with Crippen molar-refractivity contribution in [1.82, 2.24) is 5.32 Å². The molecule has 0 spiro atoms. The van der Waals surface area contributed by atoms with Gasteiger partial charge in [-0.25, -0.2) is 4.79 Å². The zero-order valence-electron chi connectivity index (χ0n) is 10.1. The maximum Gasteiger partial charge on any atom is 0.321 e. The molecule has 0 radical (unpaired) electrons. The molecule has 3 N–H and O–H groups in total. The van der Waals surface area contributed by atoms with Crippen LogP contribution in [0.1, 0.15) is 6.42 Å². The molecule has 0 bridgehead atoms. The van der Waals surface area contributed by atoms with Crippen LogP contribution < -0.4 is 16.0 Å². The van der Waals surface area contributed by atoms with Crippen LogP contribution in [0, 0.1) is 0 Å². The van der Waals surface area contributed by atoms with E-state index >= 15 is 0 Å². The Hall–Kier alpha value is -1.27. The van der Waals surface area contributed by atoms with Gasteiger partial charge in [0.15, 0.2) is 0 Å². The lowest BCUT2D eigenvalue weighted by Gasteiger charge is -2.21. The van der Waals surface area contributed by atoms with Crippen LogP contribution in [0.4, 0.5) is 16.2 Å². The first kappa shape index (κ1) is 13.2. The molecular formula is C12H16BrN3O2. The van der Waals surface area contributed by atoms with Crippen molar-refractivity contribution in [1.29, 1.82) is 0 Å². The van der Waals surface area contributed by atoms with Crippen LogP contribution in [-0.2, 0) is 4.74 Å². The maximum absolute atomic E-state index is 12.0. The Balaban J connectivity index is 2.05. The first-order valence-electron chi connectivity index (χ1n) is 5.75. The van der Waals surface area contributed by atoms with E-state index in [1.807, 2.05) is 12.1 Å². The molecule has 5 nitrogen and oxygen atoms in total. The van der Waals surface area contributed by atoms with Crippen molar-refractivity contribution in [2.75, 3.05) is 30.9 Å². The number of hydrogen-bond acceptors (Lipinski definition) is 3. The third kappa shape index (κ3) is 2.94. The van der Waals surface area contributed by atoms with E-state index in [2.05, 4.69) is 21.2 Å². The summed E-state index contributed by atoms with van der Waals surface area (Å²) in [6.07, 6.45) is 0.857. The van der Waals surface area contributed by atoms with Crippen molar-refractivity contribution in [3.63, 3.8) is 0 Å². The summed E-state index contributed by atoms with van der Waals surface area (Å²) in [5.41, 5.74) is 7.14. The number of carbonyl (C=O) groups is 1. The topological polar surface area (TPSA) is 67.6 Å². The monoisotopic (exact) mass is 313 g/mol. The molecule has 6 heteroatoms. The summed E-state index contributed by atoms with van der Waals surface area (Å²) in [5.74, 6) is 0. The maximum atomic E-state index is 12.0. The largest absolute Gasteiger partial charge is 0.397 e. The van der Waals surface area contributed by atoms with Crippen LogP contribution in [0.5, 0.6) is 0 Å². The van der Waals surface area contributed by atoms with Gasteiger partial charge in [-0.05, 0) is 24.6 Å². The molecule has 1 aromatic rings. The van der Waals surface area contributed by atoms with Crippen LogP contribution >= 0.6 is 15.9 Å². The van der Waals surface area contributed by atoms with Gasteiger partial charge in [0.1, 0.15) is 0 Å². The normalized spacial score (nSPS) is 18.7. The lowest BCUT2D eigenvalue weighted by atomic mass is 10.2. The van der Waals surface area contributed by atoms with Gasteiger partial charge in [-0.3, -0.25) is 4.90 Å². The quantitative estimate of drug-likeness (QED) is 0.820. The van der Waals surface area contributed by atoms with E-state index in [1.54, 1.807) is 13.1 Å². The molecule has 0 saturated carbocycles. The number of rotatable bonds is 2. The van der Waals surface area contributed by atoms with Crippen molar-refractivity contribution < 1.29 is 9.53 Å². The molecular weight excluding hydrogens is 298 g/mol. The molecule has 1 aliphatic heterocycles. The summed E-state index contributed by atoms with van der Waals surface area (Å²) in [6.45, 7) is 1.28. The fraction of sp³-hybridized carbons (Fsp3) is 0.417. The zero-order valence-corrected chi connectivity index (χ0v) is 11.7. The van der Waals surface area contributed by atoms with E-state index in [-0.39, 0.29) is 12.1 Å². The molecule has 0 aliphatic carbocycles. The molecule has 0 aromatic heterocycles. The molecule has 1 aromatic carbocycles. The molecule has 1 heterocycles. The number of nitrogens with one attached hydrogen (secondary N) is 1. The van der Waals surface area contributed by atoms with Crippen molar-refractivity contribution in [2.45, 2.75) is 12.5 Å². The third-order valence-corrected chi connectivity index (χ3v) is 3.41. The number of urea groups is 1. The van der Waals surface area contributed by atoms with E-state index in [9.17, 15) is 4.79 Å². The van der Waals surface area contributed by atoms with Crippen LogP contribution in [0.25, 0.3) is 0 Å². The van der Waals surface area contributed by atoms with Gasteiger partial charge < -0.3 is 15.8 Å². The lowest BCUT2D eigenvalue weighted by Crippen LogP contribution is -2.43. The average Bonchev–Trinajstić information content (AvgIpc) is 2.81. The standard InChI is InChI=1S/C12H16BrN3O2/c1-16(11-3-2-8(13)6-10(11)14)12(17)15-9-4-5-18-7-9/h2-3,6,9H,4-5,7,14H2,1H3,(H,15,17). The minimum absolute atomic E-state index is 0.0941. The number of benzene rings is 1. The highest BCUT2D eigenvalue weighted by molar-refractivity contribution is 9.10. The predicted octanol–water partition coefficient (Wildman–Crippen LogP) is 1.97. The molecule has 1 atom stereocenters. The molecule has 1 saturated heterocycles. The van der Waals surface area contributed by atoms with E-state index in [4.69, 9.17) is 10.5 Å². The fourth-order valence-corrected chi connectivity index (χ4v) is 2.24. The SMILES string of the molecule is CN(C(=O)NC1CCOC1)c1ccc(Br)cc1N. The third-order valence-electron chi connectivity index (χ3n) is 2.91. The van der Waals surface area contributed by atoms with Gasteiger partial charge in [-0.15, -0.1) is 0 Å². The number of carbonyl (C=O) groups excluding carboxylic acids is 1. The molecule has 98 valence electrons. The zero-order chi connectivity index (χ0) is 13.1. The fourth-order valence-electron chi connectivity index (χ4n) is 1.86. The van der Waals surface area contributed by atoms with Gasteiger partial charge in [0, 0.05) is 18.1 Å². The Morgan fingerprint density at radius 1 is 1.61 bits per heavy atom. The second-order valence-corrected chi connectivity index (χ2v) is 5.19. The Kier molecular flexibility index (Phi) is 4.08. The number of anilines is 2. The van der Waals surface area contributed by atoms with E-state index in [0.29, 0.717) is 24.6 Å². The smallest absolute Gasteiger partial charge is 0.321 e. The number of halogens is 1. The number of nitrogen functional groups attached to an aromatic ring is 1. The molecule has 1 unspecified atom stereocenters. The first-order chi connectivity index (χ1) is 8.58. The van der Waals surface area contributed by atoms with Gasteiger partial charge >= 0.3 is 6.03 Å². The van der Waals surface area contributed by atoms with Crippen molar-refractivity contribution >= 4 is 33.3 Å². The number of hydrogen-bond donors (Lipinski definition) is 2. The van der Waals surface area contributed by atoms with E-state index in [0.717, 1.165) is 10.9 Å². The van der Waals surface area contributed by atoms with Crippen molar-refractivity contribution in [3.8, 4) is 0 Å². The number of nitrogens with two attached hydrogens (primary N) is 1. The Labute approximate surface area is 114 Å². The Bertz CT molecular complexity index is 447. The number of ether oxygens (including phenoxy) is 1. The minimum Gasteiger partial charge on any atom is -0.397 e. The average molecular weight is 314 g/mol. The second-order valence-electron chi connectivity index (χ2n) is 4.27. The van der Waals surface area contributed by atoms with Crippen LogP contribution in [0.3, 0.4) is 0 Å². The predicted molar refractivity (Wildman–Crippen MR) is 74.7 cm³/mol. The molecule has 1 fully saturated rings. The molecule has 2 amide bonds. The van der Waals surface area contributed by atoms with Gasteiger partial charge in [0.05, 0.1) is 24.0 Å². The number of nitrogens with zero attached hydrogens (tertiary/aromatic N) is 1. The van der Waals surface area contributed by atoms with E-state index in [1.165, 1.54) is 4.90 Å². The van der Waals surface area contributed by atoms with Gasteiger partial charge in [-0.1, -0.05) is 15.9 Å². The Morgan fingerprint density at radius 3 is 3.00 bits per heavy atom. The summed E-state index contributed by atoms with van der Waals surface area (Å²) in [5, 5.41) is 2.91. The van der Waals surface area contributed by atoms with Crippen molar-refractivity contribution in [2.24, 2.45) is 0 Å². The summed E-state index contributed by atoms with van der Waals surface area (Å²) in [4.78, 5) is 13.5. The minimum atomic E-state index is -0.167. The highest BCUT2D eigenvalue weighted by Crippen LogP contribution is 2.26. The highest BCUT2D eigenvalue weighted by atomic mass is 79.9. The summed E-state index contributed by atoms with van der Waals surface area (Å²) in [7, 11) is 1.70. The van der Waals surface area contributed by atoms with Gasteiger partial charge in [0.25, 0.3) is 0 Å². The molecule has 1 aliphatic rings. The van der Waals surface area contributed by atoms with Gasteiger partial charge in [-0.2, -0.15) is 0 Å².